The van der Waals surface area contributed by atoms with Crippen LogP contribution in [0.15, 0.2) is 18.2 Å². The van der Waals surface area contributed by atoms with Crippen LogP contribution in [0.3, 0.4) is 0 Å². The van der Waals surface area contributed by atoms with E-state index < -0.39 is 4.92 Å². The molecule has 114 valence electrons. The van der Waals surface area contributed by atoms with Gasteiger partial charge in [0.2, 0.25) is 0 Å². The van der Waals surface area contributed by atoms with Crippen molar-refractivity contribution in [2.45, 2.75) is 32.4 Å². The van der Waals surface area contributed by atoms with Gasteiger partial charge in [-0.3, -0.25) is 14.9 Å². The van der Waals surface area contributed by atoms with E-state index in [1.807, 2.05) is 13.8 Å². The van der Waals surface area contributed by atoms with Crippen molar-refractivity contribution < 1.29 is 14.5 Å². The molecule has 1 heterocycles. The average Bonchev–Trinajstić information content (AvgIpc) is 2.84. The number of hydrogen-bond acceptors (Lipinski definition) is 5. The summed E-state index contributed by atoms with van der Waals surface area (Å²) in [4.78, 5) is 22.8. The topological polar surface area (TPSA) is 93.5 Å². The van der Waals surface area contributed by atoms with Crippen molar-refractivity contribution in [3.8, 4) is 0 Å². The van der Waals surface area contributed by atoms with Crippen LogP contribution in [0.2, 0.25) is 0 Å². The van der Waals surface area contributed by atoms with Crippen LogP contribution in [0.4, 0.5) is 11.4 Å². The molecule has 1 aromatic carbocycles. The van der Waals surface area contributed by atoms with Gasteiger partial charge in [-0.1, -0.05) is 0 Å². The summed E-state index contributed by atoms with van der Waals surface area (Å²) in [5, 5.41) is 16.8. The van der Waals surface area contributed by atoms with Crippen LogP contribution >= 0.6 is 0 Å². The second-order valence-electron chi connectivity index (χ2n) is 4.96. The normalized spacial score (nSPS) is 21.0. The zero-order chi connectivity index (χ0) is 15.4. The molecule has 0 aliphatic carbocycles. The Morgan fingerprint density at radius 1 is 1.52 bits per heavy atom. The smallest absolute Gasteiger partial charge is 0.293 e. The Bertz CT molecular complexity index is 547. The highest BCUT2D eigenvalue weighted by Crippen LogP contribution is 2.25. The van der Waals surface area contributed by atoms with Gasteiger partial charge in [0.15, 0.2) is 0 Å². The maximum absolute atomic E-state index is 12.2. The Hall–Kier alpha value is -2.15. The molecule has 1 fully saturated rings. The molecule has 0 radical (unpaired) electrons. The quantitative estimate of drug-likeness (QED) is 0.639. The second-order valence-corrected chi connectivity index (χ2v) is 4.96. The number of amides is 1. The first kappa shape index (κ1) is 15.2. The predicted octanol–water partition coefficient (Wildman–Crippen LogP) is 1.93. The fourth-order valence-corrected chi connectivity index (χ4v) is 2.34. The van der Waals surface area contributed by atoms with Crippen molar-refractivity contribution in [3.05, 3.63) is 33.9 Å². The van der Waals surface area contributed by atoms with Crippen LogP contribution in [0.5, 0.6) is 0 Å². The maximum Gasteiger partial charge on any atom is 0.293 e. The molecule has 0 saturated carbocycles. The van der Waals surface area contributed by atoms with E-state index in [4.69, 9.17) is 4.74 Å². The fraction of sp³-hybridized carbons (Fsp3) is 0.500. The molecule has 2 rings (SSSR count). The number of ether oxygens (including phenoxy) is 1. The van der Waals surface area contributed by atoms with Crippen molar-refractivity contribution in [1.82, 2.24) is 5.32 Å². The highest BCUT2D eigenvalue weighted by molar-refractivity contribution is 5.96. The third kappa shape index (κ3) is 3.49. The molecule has 1 aromatic rings. The first-order valence-corrected chi connectivity index (χ1v) is 6.97. The number of carbonyl (C=O) groups is 1. The minimum absolute atomic E-state index is 0.0371. The molecule has 0 aromatic heterocycles. The van der Waals surface area contributed by atoms with Gasteiger partial charge in [-0.15, -0.1) is 0 Å². The monoisotopic (exact) mass is 293 g/mol. The molecule has 2 unspecified atom stereocenters. The summed E-state index contributed by atoms with van der Waals surface area (Å²) < 4.78 is 5.38. The van der Waals surface area contributed by atoms with Gasteiger partial charge >= 0.3 is 0 Å². The Balaban J connectivity index is 2.17. The van der Waals surface area contributed by atoms with Gasteiger partial charge in [0.05, 0.1) is 17.1 Å². The number of nitrogens with zero attached hydrogens (tertiary/aromatic N) is 1. The molecule has 7 nitrogen and oxygen atoms in total. The molecule has 7 heteroatoms. The minimum atomic E-state index is -0.490. The zero-order valence-electron chi connectivity index (χ0n) is 12.1. The van der Waals surface area contributed by atoms with E-state index in [-0.39, 0.29) is 29.3 Å². The molecule has 2 N–H and O–H groups in total. The number of nitro groups is 1. The number of nitrogens with one attached hydrogen (secondary N) is 2. The molecule has 0 spiro atoms. The van der Waals surface area contributed by atoms with E-state index in [9.17, 15) is 14.9 Å². The molecular weight excluding hydrogens is 274 g/mol. The van der Waals surface area contributed by atoms with Crippen LogP contribution in [0.25, 0.3) is 0 Å². The standard InChI is InChI=1S/C14H19N3O4/c1-3-15-12-5-4-10(8-13(12)17(19)20)14(18)16-11-6-7-21-9(11)2/h4-5,8-9,11,15H,3,6-7H2,1-2H3,(H,16,18). The number of hydrogen-bond donors (Lipinski definition) is 2. The number of rotatable bonds is 5. The minimum Gasteiger partial charge on any atom is -0.380 e. The van der Waals surface area contributed by atoms with Crippen molar-refractivity contribution in [2.75, 3.05) is 18.5 Å². The third-order valence-corrected chi connectivity index (χ3v) is 3.52. The van der Waals surface area contributed by atoms with Gasteiger partial charge in [0.25, 0.3) is 11.6 Å². The van der Waals surface area contributed by atoms with Gasteiger partial charge in [0, 0.05) is 24.8 Å². The van der Waals surface area contributed by atoms with Crippen LogP contribution in [0.1, 0.15) is 30.6 Å². The Kier molecular flexibility index (Phi) is 4.74. The molecule has 21 heavy (non-hydrogen) atoms. The highest BCUT2D eigenvalue weighted by Gasteiger charge is 2.26. The first-order valence-electron chi connectivity index (χ1n) is 6.97. The molecule has 2 atom stereocenters. The van der Waals surface area contributed by atoms with Gasteiger partial charge in [-0.05, 0) is 32.4 Å². The lowest BCUT2D eigenvalue weighted by Gasteiger charge is -2.16. The first-order chi connectivity index (χ1) is 10.0. The van der Waals surface area contributed by atoms with Crippen molar-refractivity contribution in [1.29, 1.82) is 0 Å². The lowest BCUT2D eigenvalue weighted by molar-refractivity contribution is -0.384. The Morgan fingerprint density at radius 3 is 2.86 bits per heavy atom. The van der Waals surface area contributed by atoms with Gasteiger partial charge in [-0.2, -0.15) is 0 Å². The van der Waals surface area contributed by atoms with E-state index >= 15 is 0 Å². The largest absolute Gasteiger partial charge is 0.380 e. The van der Waals surface area contributed by atoms with Crippen LogP contribution < -0.4 is 10.6 Å². The van der Waals surface area contributed by atoms with Crippen LogP contribution in [-0.4, -0.2) is 36.1 Å². The van der Waals surface area contributed by atoms with Gasteiger partial charge in [-0.25, -0.2) is 0 Å². The van der Waals surface area contributed by atoms with Crippen LogP contribution in [-0.2, 0) is 4.74 Å². The van der Waals surface area contributed by atoms with Crippen molar-refractivity contribution in [2.24, 2.45) is 0 Å². The van der Waals surface area contributed by atoms with E-state index in [0.717, 1.165) is 6.42 Å². The second kappa shape index (κ2) is 6.53. The van der Waals surface area contributed by atoms with Gasteiger partial charge in [0.1, 0.15) is 5.69 Å². The van der Waals surface area contributed by atoms with Gasteiger partial charge < -0.3 is 15.4 Å². The van der Waals surface area contributed by atoms with Crippen molar-refractivity contribution >= 4 is 17.3 Å². The lowest BCUT2D eigenvalue weighted by Crippen LogP contribution is -2.39. The molecule has 1 aliphatic rings. The number of carbonyl (C=O) groups excluding carboxylic acids is 1. The summed E-state index contributed by atoms with van der Waals surface area (Å²) in [5.41, 5.74) is 0.597. The number of nitro benzene ring substituents is 1. The zero-order valence-corrected chi connectivity index (χ0v) is 12.1. The highest BCUT2D eigenvalue weighted by atomic mass is 16.6. The SMILES string of the molecule is CCNc1ccc(C(=O)NC2CCOC2C)cc1[N+](=O)[O-]. The maximum atomic E-state index is 12.2. The summed E-state index contributed by atoms with van der Waals surface area (Å²) in [6.07, 6.45) is 0.717. The summed E-state index contributed by atoms with van der Waals surface area (Å²) in [5.74, 6) is -0.316. The lowest BCUT2D eigenvalue weighted by atomic mass is 10.1. The summed E-state index contributed by atoms with van der Waals surface area (Å²) >= 11 is 0. The van der Waals surface area contributed by atoms with Crippen molar-refractivity contribution in [3.63, 3.8) is 0 Å². The van der Waals surface area contributed by atoms with E-state index in [1.54, 1.807) is 12.1 Å². The third-order valence-electron chi connectivity index (χ3n) is 3.52. The molecular formula is C14H19N3O4. The molecule has 1 saturated heterocycles. The Morgan fingerprint density at radius 2 is 2.29 bits per heavy atom. The number of anilines is 1. The Labute approximate surface area is 122 Å². The summed E-state index contributed by atoms with van der Waals surface area (Å²) in [7, 11) is 0. The molecule has 1 aliphatic heterocycles. The van der Waals surface area contributed by atoms with E-state index in [2.05, 4.69) is 10.6 Å². The number of benzene rings is 1. The molecule has 0 bridgehead atoms. The average molecular weight is 293 g/mol. The summed E-state index contributed by atoms with van der Waals surface area (Å²) in [6, 6.07) is 4.39. The molecule has 1 amide bonds. The summed E-state index contributed by atoms with van der Waals surface area (Å²) in [6.45, 7) is 4.94. The predicted molar refractivity (Wildman–Crippen MR) is 78.5 cm³/mol. The van der Waals surface area contributed by atoms with E-state index in [0.29, 0.717) is 18.8 Å². The van der Waals surface area contributed by atoms with Crippen LogP contribution in [0, 0.1) is 10.1 Å². The van der Waals surface area contributed by atoms with E-state index in [1.165, 1.54) is 6.07 Å². The fourth-order valence-electron chi connectivity index (χ4n) is 2.34.